The molecular weight excluding hydrogens is 526 g/mol. The van der Waals surface area contributed by atoms with E-state index in [0.717, 1.165) is 27.0 Å². The summed E-state index contributed by atoms with van der Waals surface area (Å²) in [5, 5.41) is 2.91. The van der Waals surface area contributed by atoms with Crippen molar-refractivity contribution in [1.29, 1.82) is 0 Å². The molecule has 1 N–H and O–H groups in total. The fraction of sp³-hybridized carbons (Fsp3) is 0.233. The zero-order chi connectivity index (χ0) is 28.4. The molecule has 1 aromatic heterocycles. The summed E-state index contributed by atoms with van der Waals surface area (Å²) in [6, 6.07) is 18.2. The lowest BCUT2D eigenvalue weighted by Gasteiger charge is -2.19. The third-order valence-electron chi connectivity index (χ3n) is 6.84. The van der Waals surface area contributed by atoms with E-state index in [1.54, 1.807) is 35.7 Å². The number of ether oxygens (including phenoxy) is 1. The average Bonchev–Trinajstić information content (AvgIpc) is 3.56. The Kier molecular flexibility index (Phi) is 7.72. The first-order valence-electron chi connectivity index (χ1n) is 12.7. The number of fused-ring (bicyclic) bond motifs is 2. The van der Waals surface area contributed by atoms with E-state index >= 15 is 0 Å². The predicted molar refractivity (Wildman–Crippen MR) is 158 cm³/mol. The van der Waals surface area contributed by atoms with Crippen LogP contribution in [0.15, 0.2) is 71.2 Å². The van der Waals surface area contributed by atoms with E-state index in [4.69, 9.17) is 9.73 Å². The van der Waals surface area contributed by atoms with Crippen molar-refractivity contribution in [2.45, 2.75) is 12.3 Å². The third kappa shape index (κ3) is 5.49. The number of carbonyl (C=O) groups excluding carboxylic acids is 3. The summed E-state index contributed by atoms with van der Waals surface area (Å²) >= 11 is 1.52. The monoisotopic (exact) mass is 555 g/mol. The lowest BCUT2D eigenvalue weighted by atomic mass is 9.90. The van der Waals surface area contributed by atoms with Crippen LogP contribution in [0.4, 0.5) is 17.1 Å². The number of benzene rings is 3. The normalized spacial score (nSPS) is 14.8. The molecule has 2 heterocycles. The summed E-state index contributed by atoms with van der Waals surface area (Å²) in [4.78, 5) is 51.0. The van der Waals surface area contributed by atoms with E-state index in [9.17, 15) is 14.4 Å². The smallest absolute Gasteiger partial charge is 0.337 e. The van der Waals surface area contributed by atoms with Gasteiger partial charge in [0.1, 0.15) is 5.92 Å². The highest BCUT2D eigenvalue weighted by Gasteiger charge is 2.36. The number of aromatic nitrogens is 1. The number of amides is 2. The van der Waals surface area contributed by atoms with Crippen molar-refractivity contribution in [2.24, 2.45) is 4.99 Å². The maximum Gasteiger partial charge on any atom is 0.337 e. The largest absolute Gasteiger partial charge is 0.465 e. The van der Waals surface area contributed by atoms with Crippen LogP contribution in [-0.2, 0) is 14.3 Å². The second-order valence-electron chi connectivity index (χ2n) is 9.77. The summed E-state index contributed by atoms with van der Waals surface area (Å²) in [6.07, 6.45) is 0.418. The Balaban J connectivity index is 1.53. The van der Waals surface area contributed by atoms with E-state index in [0.29, 0.717) is 35.6 Å². The van der Waals surface area contributed by atoms with Crippen molar-refractivity contribution in [1.82, 2.24) is 9.88 Å². The first kappa shape index (κ1) is 27.2. The van der Waals surface area contributed by atoms with Gasteiger partial charge in [-0.1, -0.05) is 12.1 Å². The van der Waals surface area contributed by atoms with Crippen LogP contribution in [0.25, 0.3) is 10.2 Å². The van der Waals surface area contributed by atoms with Crippen LogP contribution in [0.5, 0.6) is 0 Å². The van der Waals surface area contributed by atoms with Crippen LogP contribution in [0.3, 0.4) is 0 Å². The number of thiazole rings is 1. The highest BCUT2D eigenvalue weighted by Crippen LogP contribution is 2.38. The predicted octanol–water partition coefficient (Wildman–Crippen LogP) is 4.85. The minimum Gasteiger partial charge on any atom is -0.465 e. The Labute approximate surface area is 236 Å². The minimum atomic E-state index is -0.693. The highest BCUT2D eigenvalue weighted by atomic mass is 32.1. The lowest BCUT2D eigenvalue weighted by Crippen LogP contribution is -2.29. The van der Waals surface area contributed by atoms with Gasteiger partial charge in [-0.05, 0) is 73.8 Å². The molecule has 0 saturated heterocycles. The van der Waals surface area contributed by atoms with Gasteiger partial charge in [0.2, 0.25) is 11.8 Å². The Morgan fingerprint density at radius 3 is 2.50 bits per heavy atom. The molecule has 9 nitrogen and oxygen atoms in total. The molecule has 4 aromatic rings. The number of methoxy groups -OCH3 is 1. The Bertz CT molecular complexity index is 1630. The van der Waals surface area contributed by atoms with Gasteiger partial charge in [-0.25, -0.2) is 9.78 Å². The first-order chi connectivity index (χ1) is 19.2. The molecule has 0 saturated carbocycles. The number of nitrogens with one attached hydrogen (secondary N) is 1. The Hall–Kier alpha value is -4.41. The summed E-state index contributed by atoms with van der Waals surface area (Å²) < 4.78 is 5.82. The standard InChI is InChI=1S/C30H29N5O4S/c1-34(2)14-13-26(36)35(3)21-9-7-20(8-10-21)32-28(18-6-12-23-25(16-18)40-17-31-23)27-22-11-5-19(30(38)39-4)15-24(22)33-29(27)37/h5-12,15-17,27H,13-14H2,1-4H3,(H,33,37). The molecule has 1 unspecified atom stereocenters. The van der Waals surface area contributed by atoms with Gasteiger partial charge in [0.15, 0.2) is 0 Å². The number of esters is 1. The maximum absolute atomic E-state index is 13.4. The molecule has 0 bridgehead atoms. The summed E-state index contributed by atoms with van der Waals surface area (Å²) in [5.41, 5.74) is 7.06. The molecule has 5 rings (SSSR count). The molecule has 3 aromatic carbocycles. The summed E-state index contributed by atoms with van der Waals surface area (Å²) in [5.74, 6) is -1.38. The third-order valence-corrected chi connectivity index (χ3v) is 7.63. The number of carbonyl (C=O) groups is 3. The van der Waals surface area contributed by atoms with Crippen molar-refractivity contribution in [3.05, 3.63) is 82.9 Å². The van der Waals surface area contributed by atoms with Crippen molar-refractivity contribution in [2.75, 3.05) is 45.0 Å². The summed E-state index contributed by atoms with van der Waals surface area (Å²) in [7, 11) is 6.95. The first-order valence-corrected chi connectivity index (χ1v) is 13.6. The highest BCUT2D eigenvalue weighted by molar-refractivity contribution is 7.16. The molecule has 0 fully saturated rings. The van der Waals surface area contributed by atoms with E-state index in [-0.39, 0.29) is 11.8 Å². The van der Waals surface area contributed by atoms with Gasteiger partial charge in [-0.2, -0.15) is 0 Å². The van der Waals surface area contributed by atoms with E-state index in [2.05, 4.69) is 10.3 Å². The van der Waals surface area contributed by atoms with Crippen molar-refractivity contribution >= 4 is 62.1 Å². The molecule has 2 amide bonds. The van der Waals surface area contributed by atoms with Crippen LogP contribution in [0, 0.1) is 0 Å². The Morgan fingerprint density at radius 2 is 1.77 bits per heavy atom. The van der Waals surface area contributed by atoms with Crippen LogP contribution in [0.2, 0.25) is 0 Å². The second-order valence-corrected chi connectivity index (χ2v) is 10.7. The number of nitrogens with zero attached hydrogens (tertiary/aromatic N) is 4. The van der Waals surface area contributed by atoms with Gasteiger partial charge in [0.25, 0.3) is 0 Å². The average molecular weight is 556 g/mol. The lowest BCUT2D eigenvalue weighted by molar-refractivity contribution is -0.118. The molecule has 0 radical (unpaired) electrons. The van der Waals surface area contributed by atoms with E-state index in [1.165, 1.54) is 18.4 Å². The molecule has 0 spiro atoms. The molecule has 10 heteroatoms. The van der Waals surface area contributed by atoms with Crippen LogP contribution in [-0.4, -0.2) is 68.2 Å². The fourth-order valence-corrected chi connectivity index (χ4v) is 5.33. The van der Waals surface area contributed by atoms with E-state index < -0.39 is 11.9 Å². The number of hydrogen-bond donors (Lipinski definition) is 1. The van der Waals surface area contributed by atoms with Gasteiger partial charge < -0.3 is 19.9 Å². The number of anilines is 2. The zero-order valence-corrected chi connectivity index (χ0v) is 23.5. The number of rotatable bonds is 8. The van der Waals surface area contributed by atoms with Crippen LogP contribution >= 0.6 is 11.3 Å². The van der Waals surface area contributed by atoms with Crippen LogP contribution < -0.4 is 10.2 Å². The van der Waals surface area contributed by atoms with Crippen molar-refractivity contribution in [3.8, 4) is 0 Å². The second kappa shape index (κ2) is 11.4. The number of hydrogen-bond acceptors (Lipinski definition) is 8. The van der Waals surface area contributed by atoms with Gasteiger partial charge in [-0.15, -0.1) is 11.3 Å². The van der Waals surface area contributed by atoms with Gasteiger partial charge >= 0.3 is 5.97 Å². The number of aliphatic imine (C=N–C) groups is 1. The quantitative estimate of drug-likeness (QED) is 0.246. The summed E-state index contributed by atoms with van der Waals surface area (Å²) in [6.45, 7) is 0.672. The molecule has 204 valence electrons. The topological polar surface area (TPSA) is 104 Å². The van der Waals surface area contributed by atoms with Crippen molar-refractivity contribution < 1.29 is 19.1 Å². The minimum absolute atomic E-state index is 0.0223. The van der Waals surface area contributed by atoms with Crippen LogP contribution in [0.1, 0.15) is 33.8 Å². The van der Waals surface area contributed by atoms with Gasteiger partial charge in [-0.3, -0.25) is 14.6 Å². The zero-order valence-electron chi connectivity index (χ0n) is 22.7. The molecule has 1 atom stereocenters. The van der Waals surface area contributed by atoms with Crippen molar-refractivity contribution in [3.63, 3.8) is 0 Å². The molecular formula is C30H29N5O4S. The Morgan fingerprint density at radius 1 is 1.02 bits per heavy atom. The molecule has 40 heavy (non-hydrogen) atoms. The maximum atomic E-state index is 13.4. The SMILES string of the molecule is COC(=O)c1ccc2c(c1)NC(=O)C2C(=Nc1ccc(N(C)C(=O)CCN(C)C)cc1)c1ccc2ncsc2c1. The fourth-order valence-electron chi connectivity index (χ4n) is 4.61. The molecule has 1 aliphatic rings. The molecule has 0 aliphatic carbocycles. The van der Waals surface area contributed by atoms with Gasteiger partial charge in [0, 0.05) is 31.4 Å². The van der Waals surface area contributed by atoms with Gasteiger partial charge in [0.05, 0.1) is 39.8 Å². The van der Waals surface area contributed by atoms with E-state index in [1.807, 2.05) is 61.5 Å². The molecule has 1 aliphatic heterocycles.